The minimum Gasteiger partial charge on any atom is -0.487 e. The summed E-state index contributed by atoms with van der Waals surface area (Å²) >= 11 is 0. The SMILES string of the molecule is CC(C)(C=O)CCc1c(CC(C)(C)C(=O)O)n(Cc2ccc(F)cc2)c2ccc(OCc3ccc4ccccc4n3)cc12. The number of carbonyl (C=O) groups is 2. The molecule has 5 aromatic rings. The Kier molecular flexibility index (Phi) is 8.36. The molecule has 0 aliphatic heterocycles. The second kappa shape index (κ2) is 12.0. The first-order valence-electron chi connectivity index (χ1n) is 14.5. The fourth-order valence-electron chi connectivity index (χ4n) is 5.33. The van der Waals surface area contributed by atoms with Gasteiger partial charge in [0.1, 0.15) is 24.5 Å². The number of benzene rings is 3. The molecule has 0 aliphatic carbocycles. The molecule has 2 heterocycles. The van der Waals surface area contributed by atoms with Gasteiger partial charge in [-0.15, -0.1) is 0 Å². The molecule has 43 heavy (non-hydrogen) atoms. The van der Waals surface area contributed by atoms with Gasteiger partial charge >= 0.3 is 5.97 Å². The second-order valence-corrected chi connectivity index (χ2v) is 12.6. The first-order valence-corrected chi connectivity index (χ1v) is 14.5. The highest BCUT2D eigenvalue weighted by Crippen LogP contribution is 2.37. The Morgan fingerprint density at radius 3 is 2.47 bits per heavy atom. The van der Waals surface area contributed by atoms with E-state index in [1.807, 2.05) is 68.4 Å². The Balaban J connectivity index is 1.58. The highest BCUT2D eigenvalue weighted by Gasteiger charge is 2.32. The van der Waals surface area contributed by atoms with Crippen molar-refractivity contribution in [2.45, 2.75) is 60.1 Å². The minimum atomic E-state index is -1.04. The lowest BCUT2D eigenvalue weighted by Crippen LogP contribution is -2.28. The molecule has 3 aromatic carbocycles. The van der Waals surface area contributed by atoms with Crippen molar-refractivity contribution in [3.8, 4) is 5.75 Å². The summed E-state index contributed by atoms with van der Waals surface area (Å²) in [6.07, 6.45) is 2.43. The Morgan fingerprint density at radius 2 is 1.74 bits per heavy atom. The number of aldehydes is 1. The first kappa shape index (κ1) is 30.0. The van der Waals surface area contributed by atoms with E-state index in [9.17, 15) is 19.1 Å². The summed E-state index contributed by atoms with van der Waals surface area (Å²) in [4.78, 5) is 28.8. The molecule has 0 saturated carbocycles. The van der Waals surface area contributed by atoms with Crippen molar-refractivity contribution in [3.63, 3.8) is 0 Å². The first-order chi connectivity index (χ1) is 20.5. The van der Waals surface area contributed by atoms with Crippen LogP contribution in [-0.2, 0) is 35.6 Å². The number of rotatable bonds is 12. The molecule has 7 heteroatoms. The van der Waals surface area contributed by atoms with Crippen LogP contribution in [0, 0.1) is 16.6 Å². The molecule has 0 aliphatic rings. The van der Waals surface area contributed by atoms with Gasteiger partial charge < -0.3 is 19.2 Å². The van der Waals surface area contributed by atoms with Crippen molar-refractivity contribution in [3.05, 3.63) is 107 Å². The van der Waals surface area contributed by atoms with E-state index in [2.05, 4.69) is 4.57 Å². The van der Waals surface area contributed by atoms with Crippen LogP contribution in [0.4, 0.5) is 4.39 Å². The topological polar surface area (TPSA) is 81.4 Å². The molecule has 0 spiro atoms. The number of aliphatic carboxylic acids is 1. The van der Waals surface area contributed by atoms with Gasteiger partial charge in [0.15, 0.2) is 0 Å². The third-order valence-corrected chi connectivity index (χ3v) is 8.08. The van der Waals surface area contributed by atoms with E-state index in [0.717, 1.165) is 50.6 Å². The number of carboxylic acids is 1. The Hall–Kier alpha value is -4.52. The van der Waals surface area contributed by atoms with Crippen LogP contribution < -0.4 is 4.74 Å². The lowest BCUT2D eigenvalue weighted by atomic mass is 9.83. The van der Waals surface area contributed by atoms with Crippen molar-refractivity contribution < 1.29 is 23.8 Å². The second-order valence-electron chi connectivity index (χ2n) is 12.6. The molecular formula is C36H37FN2O4. The molecule has 5 rings (SSSR count). The van der Waals surface area contributed by atoms with Crippen molar-refractivity contribution in [2.24, 2.45) is 10.8 Å². The van der Waals surface area contributed by atoms with Crippen LogP contribution in [-0.4, -0.2) is 26.9 Å². The number of fused-ring (bicyclic) bond motifs is 2. The summed E-state index contributed by atoms with van der Waals surface area (Å²) in [6, 6.07) is 24.2. The molecule has 1 N–H and O–H groups in total. The fourth-order valence-corrected chi connectivity index (χ4v) is 5.33. The van der Waals surface area contributed by atoms with Gasteiger partial charge in [-0.3, -0.25) is 4.79 Å². The number of aromatic nitrogens is 2. The van der Waals surface area contributed by atoms with E-state index < -0.39 is 16.8 Å². The molecule has 0 radical (unpaired) electrons. The monoisotopic (exact) mass is 580 g/mol. The number of ether oxygens (including phenoxy) is 1. The van der Waals surface area contributed by atoms with Crippen molar-refractivity contribution in [2.75, 3.05) is 0 Å². The Morgan fingerprint density at radius 1 is 1.00 bits per heavy atom. The third kappa shape index (κ3) is 6.77. The number of hydrogen-bond acceptors (Lipinski definition) is 4. The van der Waals surface area contributed by atoms with Gasteiger partial charge in [-0.2, -0.15) is 0 Å². The smallest absolute Gasteiger partial charge is 0.309 e. The zero-order chi connectivity index (χ0) is 30.8. The molecule has 6 nitrogen and oxygen atoms in total. The lowest BCUT2D eigenvalue weighted by Gasteiger charge is -2.23. The van der Waals surface area contributed by atoms with Gasteiger partial charge in [0, 0.05) is 40.4 Å². The van der Waals surface area contributed by atoms with Crippen LogP contribution in [0.3, 0.4) is 0 Å². The highest BCUT2D eigenvalue weighted by molar-refractivity contribution is 5.88. The summed E-state index contributed by atoms with van der Waals surface area (Å²) in [5.74, 6) is -0.536. The predicted octanol–water partition coefficient (Wildman–Crippen LogP) is 7.77. The number of pyridine rings is 1. The molecule has 0 unspecified atom stereocenters. The summed E-state index contributed by atoms with van der Waals surface area (Å²) in [5.41, 5.74) is 3.85. The zero-order valence-corrected chi connectivity index (χ0v) is 25.1. The van der Waals surface area contributed by atoms with E-state index >= 15 is 0 Å². The quantitative estimate of drug-likeness (QED) is 0.153. The van der Waals surface area contributed by atoms with Gasteiger partial charge in [0.05, 0.1) is 16.6 Å². The maximum absolute atomic E-state index is 13.7. The number of nitrogens with zero attached hydrogens (tertiary/aromatic N) is 2. The predicted molar refractivity (Wildman–Crippen MR) is 167 cm³/mol. The number of halogens is 1. The van der Waals surface area contributed by atoms with Crippen LogP contribution in [0.1, 0.15) is 56.6 Å². The molecule has 0 bridgehead atoms. The number of aryl methyl sites for hydroxylation is 1. The van der Waals surface area contributed by atoms with E-state index in [1.165, 1.54) is 12.1 Å². The lowest BCUT2D eigenvalue weighted by molar-refractivity contribution is -0.146. The van der Waals surface area contributed by atoms with Gasteiger partial charge in [0.2, 0.25) is 0 Å². The van der Waals surface area contributed by atoms with Crippen molar-refractivity contribution in [1.29, 1.82) is 0 Å². The van der Waals surface area contributed by atoms with Gasteiger partial charge in [-0.1, -0.05) is 50.2 Å². The van der Waals surface area contributed by atoms with Crippen LogP contribution in [0.15, 0.2) is 78.9 Å². The van der Waals surface area contributed by atoms with E-state index in [-0.39, 0.29) is 12.2 Å². The van der Waals surface area contributed by atoms with Crippen molar-refractivity contribution in [1.82, 2.24) is 9.55 Å². The fraction of sp³-hybridized carbons (Fsp3) is 0.306. The van der Waals surface area contributed by atoms with Crippen LogP contribution in [0.2, 0.25) is 0 Å². The molecular weight excluding hydrogens is 543 g/mol. The average molecular weight is 581 g/mol. The molecule has 0 fully saturated rings. The number of para-hydroxylation sites is 1. The maximum Gasteiger partial charge on any atom is 0.309 e. The average Bonchev–Trinajstić information content (AvgIpc) is 3.26. The van der Waals surface area contributed by atoms with Crippen molar-refractivity contribution >= 4 is 34.1 Å². The normalized spacial score (nSPS) is 12.1. The molecule has 0 amide bonds. The van der Waals surface area contributed by atoms with E-state index in [0.29, 0.717) is 31.7 Å². The summed E-state index contributed by atoms with van der Waals surface area (Å²) < 4.78 is 22.1. The Bertz CT molecular complexity index is 1790. The van der Waals surface area contributed by atoms with Gasteiger partial charge in [-0.25, -0.2) is 9.37 Å². The number of carboxylic acid groups (broad SMARTS) is 1. The maximum atomic E-state index is 13.7. The number of hydrogen-bond donors (Lipinski definition) is 1. The van der Waals surface area contributed by atoms with Gasteiger partial charge in [-0.05, 0) is 80.3 Å². The molecule has 2 aromatic heterocycles. The highest BCUT2D eigenvalue weighted by atomic mass is 19.1. The summed E-state index contributed by atoms with van der Waals surface area (Å²) in [5, 5.41) is 12.1. The Labute approximate surface area is 251 Å². The van der Waals surface area contributed by atoms with E-state index in [1.54, 1.807) is 26.0 Å². The van der Waals surface area contributed by atoms with Crippen LogP contribution in [0.5, 0.6) is 5.75 Å². The standard InChI is InChI=1S/C36H37FN2O4/c1-35(2,23-40)18-17-29-30-19-28(43-22-27-14-11-25-7-5-6-8-31(25)38-27)15-16-32(30)39(21-24-9-12-26(37)13-10-24)33(29)20-36(3,4)34(41)42/h5-16,19,23H,17-18,20-22H2,1-4H3,(H,41,42). The van der Waals surface area contributed by atoms with Crippen LogP contribution in [0.25, 0.3) is 21.8 Å². The summed E-state index contributed by atoms with van der Waals surface area (Å²) in [6.45, 7) is 7.99. The van der Waals surface area contributed by atoms with Crippen LogP contribution >= 0.6 is 0 Å². The van der Waals surface area contributed by atoms with Gasteiger partial charge in [0.25, 0.3) is 0 Å². The minimum absolute atomic E-state index is 0.284. The van der Waals surface area contributed by atoms with E-state index in [4.69, 9.17) is 9.72 Å². The largest absolute Gasteiger partial charge is 0.487 e. The molecule has 0 atom stereocenters. The molecule has 0 saturated heterocycles. The third-order valence-electron chi connectivity index (χ3n) is 8.08. The zero-order valence-electron chi connectivity index (χ0n) is 25.1. The molecule has 222 valence electrons. The summed E-state index contributed by atoms with van der Waals surface area (Å²) in [7, 11) is 0. The number of carbonyl (C=O) groups excluding carboxylic acids is 1.